The van der Waals surface area contributed by atoms with Crippen molar-refractivity contribution in [1.82, 2.24) is 0 Å². The number of halogens is 2. The van der Waals surface area contributed by atoms with Crippen LogP contribution in [0.1, 0.15) is 5.56 Å². The standard InChI is InChI=1S/C7H9N.ClH.HI/c8-6-7-4-2-1-3-5-7;;/h1-5H,6,8H2;2*1H. The van der Waals surface area contributed by atoms with Gasteiger partial charge in [-0.25, -0.2) is 0 Å². The highest BCUT2D eigenvalue weighted by Crippen LogP contribution is 1.94. The Morgan fingerprint density at radius 1 is 1.10 bits per heavy atom. The number of hydrogen-bond donors (Lipinski definition) is 1. The molecule has 1 aromatic rings. The summed E-state index contributed by atoms with van der Waals surface area (Å²) in [6.45, 7) is 0.640. The number of rotatable bonds is 1. The first-order valence-corrected chi connectivity index (χ1v) is 2.67. The van der Waals surface area contributed by atoms with E-state index in [9.17, 15) is 0 Å². The van der Waals surface area contributed by atoms with Crippen LogP contribution in [0.3, 0.4) is 0 Å². The van der Waals surface area contributed by atoms with Gasteiger partial charge in [0.25, 0.3) is 0 Å². The van der Waals surface area contributed by atoms with E-state index in [2.05, 4.69) is 0 Å². The van der Waals surface area contributed by atoms with Crippen LogP contribution in [0.4, 0.5) is 0 Å². The molecule has 0 saturated heterocycles. The normalized spacial score (nSPS) is 7.30. The Hall–Kier alpha value is 0.200. The lowest BCUT2D eigenvalue weighted by atomic mass is 10.2. The van der Waals surface area contributed by atoms with E-state index in [1.807, 2.05) is 30.3 Å². The van der Waals surface area contributed by atoms with E-state index in [1.165, 1.54) is 5.56 Å². The maximum absolute atomic E-state index is 5.35. The highest BCUT2D eigenvalue weighted by molar-refractivity contribution is 14.0. The lowest BCUT2D eigenvalue weighted by Gasteiger charge is -1.90. The largest absolute Gasteiger partial charge is 0.326 e. The first-order valence-electron chi connectivity index (χ1n) is 2.67. The molecule has 0 amide bonds. The summed E-state index contributed by atoms with van der Waals surface area (Å²) in [5.74, 6) is 0. The first-order chi connectivity index (χ1) is 3.93. The van der Waals surface area contributed by atoms with Crippen molar-refractivity contribution >= 4 is 36.4 Å². The quantitative estimate of drug-likeness (QED) is 0.779. The highest BCUT2D eigenvalue weighted by atomic mass is 127. The predicted molar refractivity (Wildman–Crippen MR) is 57.0 cm³/mol. The molecule has 2 N–H and O–H groups in total. The Morgan fingerprint density at radius 2 is 1.60 bits per heavy atom. The van der Waals surface area contributed by atoms with Gasteiger partial charge in [-0.2, -0.15) is 0 Å². The number of nitrogens with two attached hydrogens (primary N) is 1. The van der Waals surface area contributed by atoms with E-state index in [-0.39, 0.29) is 36.4 Å². The Labute approximate surface area is 84.4 Å². The topological polar surface area (TPSA) is 26.0 Å². The summed E-state index contributed by atoms with van der Waals surface area (Å²) >= 11 is 0. The second kappa shape index (κ2) is 7.31. The molecule has 3 heteroatoms. The van der Waals surface area contributed by atoms with Crippen molar-refractivity contribution < 1.29 is 0 Å². The molecule has 1 nitrogen and oxygen atoms in total. The Bertz CT molecular complexity index is 155. The van der Waals surface area contributed by atoms with Crippen LogP contribution in [0.25, 0.3) is 0 Å². The van der Waals surface area contributed by atoms with Gasteiger partial charge >= 0.3 is 0 Å². The molecule has 0 radical (unpaired) electrons. The van der Waals surface area contributed by atoms with Crippen molar-refractivity contribution in [2.24, 2.45) is 5.73 Å². The molecule has 0 unspecified atom stereocenters. The minimum absolute atomic E-state index is 0. The second-order valence-electron chi connectivity index (χ2n) is 1.69. The maximum atomic E-state index is 5.35. The van der Waals surface area contributed by atoms with Gasteiger partial charge in [0, 0.05) is 6.54 Å². The van der Waals surface area contributed by atoms with Crippen LogP contribution in [0, 0.1) is 0 Å². The predicted octanol–water partition coefficient (Wildman–Crippen LogP) is 2.19. The van der Waals surface area contributed by atoms with Crippen LogP contribution in [-0.4, -0.2) is 0 Å². The molecule has 0 aliphatic rings. The monoisotopic (exact) mass is 271 g/mol. The summed E-state index contributed by atoms with van der Waals surface area (Å²) in [6, 6.07) is 9.99. The van der Waals surface area contributed by atoms with Crippen molar-refractivity contribution in [3.63, 3.8) is 0 Å². The average Bonchev–Trinajstić information content (AvgIpc) is 1.90. The highest BCUT2D eigenvalue weighted by Gasteiger charge is 1.80. The van der Waals surface area contributed by atoms with Gasteiger partial charge in [-0.3, -0.25) is 0 Å². The molecule has 0 atom stereocenters. The summed E-state index contributed by atoms with van der Waals surface area (Å²) in [5, 5.41) is 0. The van der Waals surface area contributed by atoms with Crippen LogP contribution in [0.15, 0.2) is 30.3 Å². The molecule has 1 aromatic carbocycles. The molecule has 1 rings (SSSR count). The summed E-state index contributed by atoms with van der Waals surface area (Å²) in [5.41, 5.74) is 6.54. The molecule has 0 aliphatic heterocycles. The van der Waals surface area contributed by atoms with E-state index in [0.717, 1.165) is 0 Å². The van der Waals surface area contributed by atoms with Gasteiger partial charge in [-0.1, -0.05) is 30.3 Å². The van der Waals surface area contributed by atoms with Crippen molar-refractivity contribution in [3.8, 4) is 0 Å². The molecule has 0 spiro atoms. The SMILES string of the molecule is Cl.I.NCc1ccccc1. The molecule has 0 heterocycles. The zero-order valence-corrected chi connectivity index (χ0v) is 8.63. The van der Waals surface area contributed by atoms with E-state index in [1.54, 1.807) is 0 Å². The van der Waals surface area contributed by atoms with Crippen LogP contribution < -0.4 is 5.73 Å². The summed E-state index contributed by atoms with van der Waals surface area (Å²) in [4.78, 5) is 0. The van der Waals surface area contributed by atoms with Crippen LogP contribution >= 0.6 is 36.4 Å². The van der Waals surface area contributed by atoms with Gasteiger partial charge in [0.2, 0.25) is 0 Å². The second-order valence-corrected chi connectivity index (χ2v) is 1.69. The minimum atomic E-state index is 0. The van der Waals surface area contributed by atoms with Gasteiger partial charge in [-0.15, -0.1) is 36.4 Å². The van der Waals surface area contributed by atoms with Gasteiger partial charge in [0.05, 0.1) is 0 Å². The third kappa shape index (κ3) is 4.09. The third-order valence-corrected chi connectivity index (χ3v) is 1.08. The minimum Gasteiger partial charge on any atom is -0.326 e. The molecule has 0 aromatic heterocycles. The molecule has 0 fully saturated rings. The van der Waals surface area contributed by atoms with E-state index in [4.69, 9.17) is 5.73 Å². The molecule has 0 bridgehead atoms. The smallest absolute Gasteiger partial charge is 0.0178 e. The summed E-state index contributed by atoms with van der Waals surface area (Å²) < 4.78 is 0. The van der Waals surface area contributed by atoms with E-state index in [0.29, 0.717) is 6.54 Å². The Balaban J connectivity index is 0. The van der Waals surface area contributed by atoms with Gasteiger partial charge in [0.15, 0.2) is 0 Å². The molecular formula is C7H11ClIN. The van der Waals surface area contributed by atoms with Gasteiger partial charge in [0.1, 0.15) is 0 Å². The van der Waals surface area contributed by atoms with Gasteiger partial charge < -0.3 is 5.73 Å². The zero-order chi connectivity index (χ0) is 5.82. The van der Waals surface area contributed by atoms with Crippen molar-refractivity contribution in [2.75, 3.05) is 0 Å². The third-order valence-electron chi connectivity index (χ3n) is 1.08. The lowest BCUT2D eigenvalue weighted by Crippen LogP contribution is -1.94. The van der Waals surface area contributed by atoms with Crippen molar-refractivity contribution in [1.29, 1.82) is 0 Å². The summed E-state index contributed by atoms with van der Waals surface area (Å²) in [7, 11) is 0. The Morgan fingerprint density at radius 3 is 1.90 bits per heavy atom. The first kappa shape index (κ1) is 12.8. The number of hydrogen-bond acceptors (Lipinski definition) is 1. The van der Waals surface area contributed by atoms with Crippen LogP contribution in [0.2, 0.25) is 0 Å². The summed E-state index contributed by atoms with van der Waals surface area (Å²) in [6.07, 6.45) is 0. The fourth-order valence-corrected chi connectivity index (χ4v) is 0.614. The van der Waals surface area contributed by atoms with Gasteiger partial charge in [-0.05, 0) is 5.56 Å². The molecule has 10 heavy (non-hydrogen) atoms. The van der Waals surface area contributed by atoms with Crippen molar-refractivity contribution in [3.05, 3.63) is 35.9 Å². The molecule has 58 valence electrons. The lowest BCUT2D eigenvalue weighted by molar-refractivity contribution is 1.07. The van der Waals surface area contributed by atoms with Crippen molar-refractivity contribution in [2.45, 2.75) is 6.54 Å². The zero-order valence-electron chi connectivity index (χ0n) is 5.49. The van der Waals surface area contributed by atoms with E-state index >= 15 is 0 Å². The maximum Gasteiger partial charge on any atom is 0.0178 e. The fraction of sp³-hybridized carbons (Fsp3) is 0.143. The molecule has 0 aliphatic carbocycles. The van der Waals surface area contributed by atoms with Crippen LogP contribution in [0.5, 0.6) is 0 Å². The molecular weight excluding hydrogens is 260 g/mol. The number of benzene rings is 1. The van der Waals surface area contributed by atoms with E-state index < -0.39 is 0 Å². The molecule has 0 saturated carbocycles. The van der Waals surface area contributed by atoms with Crippen LogP contribution in [-0.2, 0) is 6.54 Å². The fourth-order valence-electron chi connectivity index (χ4n) is 0.614. The Kier molecular flexibility index (Phi) is 9.38. The average molecular weight is 272 g/mol.